The van der Waals surface area contributed by atoms with Gasteiger partial charge in [0.2, 0.25) is 10.0 Å². The molecule has 0 saturated heterocycles. The smallest absolute Gasteiger partial charge is 0.240 e. The van der Waals surface area contributed by atoms with Crippen molar-refractivity contribution < 1.29 is 8.42 Å². The summed E-state index contributed by atoms with van der Waals surface area (Å²) in [6.45, 7) is 0.212. The highest BCUT2D eigenvalue weighted by molar-refractivity contribution is 7.89. The van der Waals surface area contributed by atoms with Gasteiger partial charge in [-0.15, -0.1) is 0 Å². The van der Waals surface area contributed by atoms with Crippen molar-refractivity contribution in [1.82, 2.24) is 19.5 Å². The van der Waals surface area contributed by atoms with Crippen molar-refractivity contribution in [3.05, 3.63) is 42.0 Å². The standard InChI is InChI=1S/C12H15N5O2S2/c1-17-8-14-11(16-17)5-6-15-21(18,19)10-4-2-3-9(7-10)12(13)20/h2-4,7-8,15H,5-6H2,1H3,(H2,13,20). The Morgan fingerprint density at radius 1 is 1.48 bits per heavy atom. The number of hydrogen-bond donors (Lipinski definition) is 2. The van der Waals surface area contributed by atoms with Gasteiger partial charge in [-0.1, -0.05) is 24.4 Å². The highest BCUT2D eigenvalue weighted by Gasteiger charge is 2.14. The molecule has 2 aromatic rings. The molecule has 0 saturated carbocycles. The fraction of sp³-hybridized carbons (Fsp3) is 0.250. The molecular formula is C12H15N5O2S2. The molecule has 0 spiro atoms. The Balaban J connectivity index is 2.04. The molecule has 2 rings (SSSR count). The van der Waals surface area contributed by atoms with Crippen molar-refractivity contribution in [3.8, 4) is 0 Å². The number of sulfonamides is 1. The molecule has 7 nitrogen and oxygen atoms in total. The number of nitrogens with zero attached hydrogens (tertiary/aromatic N) is 3. The van der Waals surface area contributed by atoms with Crippen LogP contribution in [0.25, 0.3) is 0 Å². The summed E-state index contributed by atoms with van der Waals surface area (Å²) in [5.41, 5.74) is 6.01. The predicted molar refractivity (Wildman–Crippen MR) is 82.2 cm³/mol. The van der Waals surface area contributed by atoms with E-state index in [2.05, 4.69) is 14.8 Å². The van der Waals surface area contributed by atoms with E-state index < -0.39 is 10.0 Å². The van der Waals surface area contributed by atoms with Crippen LogP contribution in [0.1, 0.15) is 11.4 Å². The second-order valence-corrected chi connectivity index (χ2v) is 6.58. The largest absolute Gasteiger partial charge is 0.389 e. The van der Waals surface area contributed by atoms with Gasteiger partial charge in [-0.3, -0.25) is 4.68 Å². The molecule has 0 aliphatic heterocycles. The van der Waals surface area contributed by atoms with E-state index in [0.29, 0.717) is 17.8 Å². The van der Waals surface area contributed by atoms with Crippen LogP contribution >= 0.6 is 12.2 Å². The van der Waals surface area contributed by atoms with Crippen molar-refractivity contribution in [2.45, 2.75) is 11.3 Å². The van der Waals surface area contributed by atoms with E-state index in [9.17, 15) is 8.42 Å². The van der Waals surface area contributed by atoms with Gasteiger partial charge in [0.05, 0.1) is 4.90 Å². The molecular weight excluding hydrogens is 310 g/mol. The number of hydrogen-bond acceptors (Lipinski definition) is 5. The Bertz CT molecular complexity index is 755. The lowest BCUT2D eigenvalue weighted by molar-refractivity contribution is 0.580. The first-order valence-electron chi connectivity index (χ1n) is 6.12. The van der Waals surface area contributed by atoms with Gasteiger partial charge < -0.3 is 5.73 Å². The number of nitrogens with two attached hydrogens (primary N) is 1. The van der Waals surface area contributed by atoms with Gasteiger partial charge in [0, 0.05) is 25.6 Å². The lowest BCUT2D eigenvalue weighted by Gasteiger charge is -2.07. The second kappa shape index (κ2) is 6.29. The quantitative estimate of drug-likeness (QED) is 0.723. The number of aryl methyl sites for hydroxylation is 1. The Kier molecular flexibility index (Phi) is 4.66. The van der Waals surface area contributed by atoms with Crippen LogP contribution in [0.3, 0.4) is 0 Å². The third-order valence-corrected chi connectivity index (χ3v) is 4.41. The monoisotopic (exact) mass is 325 g/mol. The van der Waals surface area contributed by atoms with Crippen LogP contribution in [0.2, 0.25) is 0 Å². The number of rotatable bonds is 6. The zero-order chi connectivity index (χ0) is 15.5. The highest BCUT2D eigenvalue weighted by atomic mass is 32.2. The zero-order valence-electron chi connectivity index (χ0n) is 11.4. The number of benzene rings is 1. The minimum absolute atomic E-state index is 0.127. The van der Waals surface area contributed by atoms with Crippen molar-refractivity contribution in [3.63, 3.8) is 0 Å². The van der Waals surface area contributed by atoms with Crippen LogP contribution < -0.4 is 10.5 Å². The van der Waals surface area contributed by atoms with Crippen molar-refractivity contribution in [2.24, 2.45) is 12.8 Å². The molecule has 9 heteroatoms. The van der Waals surface area contributed by atoms with Gasteiger partial charge in [0.15, 0.2) is 5.82 Å². The van der Waals surface area contributed by atoms with E-state index >= 15 is 0 Å². The Morgan fingerprint density at radius 2 is 2.24 bits per heavy atom. The van der Waals surface area contributed by atoms with Crippen LogP contribution in [-0.2, 0) is 23.5 Å². The van der Waals surface area contributed by atoms with Crippen molar-refractivity contribution in [2.75, 3.05) is 6.54 Å². The van der Waals surface area contributed by atoms with Crippen molar-refractivity contribution >= 4 is 27.2 Å². The predicted octanol–water partition coefficient (Wildman–Crippen LogP) is -0.0297. The molecule has 1 heterocycles. The van der Waals surface area contributed by atoms with Crippen LogP contribution in [0.15, 0.2) is 35.5 Å². The summed E-state index contributed by atoms with van der Waals surface area (Å²) in [6, 6.07) is 6.20. The van der Waals surface area contributed by atoms with Gasteiger partial charge in [0.25, 0.3) is 0 Å². The maximum atomic E-state index is 12.2. The van der Waals surface area contributed by atoms with Crippen LogP contribution in [0.4, 0.5) is 0 Å². The minimum Gasteiger partial charge on any atom is -0.389 e. The Morgan fingerprint density at radius 3 is 2.86 bits per heavy atom. The second-order valence-electron chi connectivity index (χ2n) is 4.37. The first-order chi connectivity index (χ1) is 9.88. The van der Waals surface area contributed by atoms with E-state index in [4.69, 9.17) is 18.0 Å². The molecule has 112 valence electrons. The Labute approximate surface area is 128 Å². The normalized spacial score (nSPS) is 11.5. The van der Waals surface area contributed by atoms with E-state index in [1.54, 1.807) is 30.2 Å². The maximum absolute atomic E-state index is 12.2. The lowest BCUT2D eigenvalue weighted by Crippen LogP contribution is -2.26. The third-order valence-electron chi connectivity index (χ3n) is 2.72. The summed E-state index contributed by atoms with van der Waals surface area (Å²) in [7, 11) is -1.86. The van der Waals surface area contributed by atoms with Gasteiger partial charge in [-0.25, -0.2) is 18.1 Å². The van der Waals surface area contributed by atoms with E-state index in [1.165, 1.54) is 12.1 Å². The number of aromatic nitrogens is 3. The molecule has 1 aromatic heterocycles. The summed E-state index contributed by atoms with van der Waals surface area (Å²) >= 11 is 4.84. The van der Waals surface area contributed by atoms with Crippen molar-refractivity contribution in [1.29, 1.82) is 0 Å². The molecule has 0 aliphatic carbocycles. The molecule has 0 fully saturated rings. The first kappa shape index (κ1) is 15.5. The van der Waals surface area contributed by atoms with E-state index in [1.807, 2.05) is 0 Å². The topological polar surface area (TPSA) is 103 Å². The van der Waals surface area contributed by atoms with Crippen LogP contribution in [0, 0.1) is 0 Å². The van der Waals surface area contributed by atoms with E-state index in [0.717, 1.165) is 0 Å². The fourth-order valence-corrected chi connectivity index (χ4v) is 2.90. The molecule has 0 atom stereocenters. The molecule has 0 bridgehead atoms. The summed E-state index contributed by atoms with van der Waals surface area (Å²) < 4.78 is 28.4. The average molecular weight is 325 g/mol. The van der Waals surface area contributed by atoms with Gasteiger partial charge >= 0.3 is 0 Å². The van der Waals surface area contributed by atoms with Gasteiger partial charge in [-0.05, 0) is 12.1 Å². The highest BCUT2D eigenvalue weighted by Crippen LogP contribution is 2.11. The van der Waals surface area contributed by atoms with Gasteiger partial charge in [-0.2, -0.15) is 5.10 Å². The van der Waals surface area contributed by atoms with Crippen LogP contribution in [-0.4, -0.2) is 34.7 Å². The average Bonchev–Trinajstić information content (AvgIpc) is 2.84. The molecule has 0 unspecified atom stereocenters. The SMILES string of the molecule is Cn1cnc(CCNS(=O)(=O)c2cccc(C(N)=S)c2)n1. The first-order valence-corrected chi connectivity index (χ1v) is 8.02. The molecule has 0 radical (unpaired) electrons. The summed E-state index contributed by atoms with van der Waals surface area (Å²) in [5, 5.41) is 4.08. The van der Waals surface area contributed by atoms with Gasteiger partial charge in [0.1, 0.15) is 11.3 Å². The lowest BCUT2D eigenvalue weighted by atomic mass is 10.2. The molecule has 1 aromatic carbocycles. The molecule has 0 amide bonds. The van der Waals surface area contributed by atoms with E-state index in [-0.39, 0.29) is 16.4 Å². The maximum Gasteiger partial charge on any atom is 0.240 e. The third kappa shape index (κ3) is 4.06. The number of thiocarbonyl (C=S) groups is 1. The Hall–Kier alpha value is -1.84. The molecule has 0 aliphatic rings. The minimum atomic E-state index is -3.61. The molecule has 3 N–H and O–H groups in total. The molecule has 21 heavy (non-hydrogen) atoms. The summed E-state index contributed by atoms with van der Waals surface area (Å²) in [5.74, 6) is 0.581. The number of nitrogens with one attached hydrogen (secondary N) is 1. The van der Waals surface area contributed by atoms with Crippen LogP contribution in [0.5, 0.6) is 0 Å². The summed E-state index contributed by atoms with van der Waals surface area (Å²) in [6.07, 6.45) is 1.98. The fourth-order valence-electron chi connectivity index (χ4n) is 1.70. The zero-order valence-corrected chi connectivity index (χ0v) is 13.0. The summed E-state index contributed by atoms with van der Waals surface area (Å²) in [4.78, 5) is 4.31.